The van der Waals surface area contributed by atoms with Gasteiger partial charge >= 0.3 is 5.97 Å². The van der Waals surface area contributed by atoms with Gasteiger partial charge in [-0.15, -0.1) is 0 Å². The molecule has 3 unspecified atom stereocenters. The van der Waals surface area contributed by atoms with E-state index in [1.165, 1.54) is 51.1 Å². The maximum absolute atomic E-state index is 17.3. The van der Waals surface area contributed by atoms with E-state index in [1.54, 1.807) is 0 Å². The third kappa shape index (κ3) is 21.4. The average molecular weight is 2070 g/mol. The molecule has 6 saturated heterocycles. The van der Waals surface area contributed by atoms with Gasteiger partial charge in [-0.2, -0.15) is 0 Å². The standard InChI is InChI=1S/C95H110N8O44/c1-30-47(109)18-37-20-49(30)139-50-19-35(9-16-46(50)108)59(97)84(125)102-64-68(113)33-5-11-40(12-6-33)137-52-21-38-22-53(81(52)145-95-83(76(121)72(117)56(143-95)29-134-91-78(123)73(118)67(112)32(3)136-91)147-94-82(75(120)71(116)55(27-105)142-94)146-92-77(122)69(114)48(110)28-133-92)138-41-13-7-34(8-14-41)80(144-57-25-44(96)66(111)31(2)135-57)65-89(130)101-63(90(131)132-4)43-23-39(106)24-51(140-93-79(124)74(119)70(115)54(26-104)141-93)58(43)42-17-36(10-15-45(42)107)60(85(126)103-65)98-87(128)62(38)99-86(127)61(37)100-88(64)129/h5-24,31-32,44,48,54-57,59-80,82-83,91-95,104-124H,25-29,96-97H2,1-4H3,(H,98,128)(H,99,127)(H,100,129)(H,101,130)(H,102,125)(H,103,126)/t31-,32-,44+,48+,54+,55+,56+,57-,59?,60+,61-,62+,63?,64+,65-,66-,67-,68+,69+,70+,71+,72+,73+,74-,75-,76-,77-,78+,79-,80+,82-,83+,91+,92-,93+,94?,95-/m0/s1. The van der Waals surface area contributed by atoms with Crippen molar-refractivity contribution < 1.29 is 217 Å². The fourth-order valence-corrected chi connectivity index (χ4v) is 18.6. The van der Waals surface area contributed by atoms with Crippen LogP contribution < -0.4 is 67.1 Å². The number of rotatable bonds is 16. The van der Waals surface area contributed by atoms with Crippen molar-refractivity contribution in [3.63, 3.8) is 0 Å². The molecule has 52 heteroatoms. The van der Waals surface area contributed by atoms with Gasteiger partial charge in [-0.05, 0) is 133 Å². The molecule has 0 saturated carbocycles. The Labute approximate surface area is 831 Å². The van der Waals surface area contributed by atoms with Crippen LogP contribution in [0, 0.1) is 6.92 Å². The summed E-state index contributed by atoms with van der Waals surface area (Å²) in [4.78, 5) is 113. The molecule has 19 rings (SSSR count). The lowest BCUT2D eigenvalue weighted by atomic mass is 9.89. The Hall–Kier alpha value is -12.1. The van der Waals surface area contributed by atoms with Crippen molar-refractivity contribution in [1.82, 2.24) is 31.9 Å². The van der Waals surface area contributed by atoms with Crippen molar-refractivity contribution in [3.8, 4) is 80.1 Å². The Bertz CT molecular complexity index is 6010. The zero-order valence-electron chi connectivity index (χ0n) is 77.9. The van der Waals surface area contributed by atoms with Gasteiger partial charge in [0.05, 0.1) is 51.8 Å². The van der Waals surface area contributed by atoms with Crippen LogP contribution in [0.1, 0.15) is 107 Å². The summed E-state index contributed by atoms with van der Waals surface area (Å²) in [7, 11) is 0.873. The predicted octanol–water partition coefficient (Wildman–Crippen LogP) is -6.50. The molecule has 52 nitrogen and oxygen atoms in total. The van der Waals surface area contributed by atoms with Gasteiger partial charge in [0.2, 0.25) is 53.8 Å². The Balaban J connectivity index is 0.908. The summed E-state index contributed by atoms with van der Waals surface area (Å²) in [5.74, 6) is -17.8. The Morgan fingerprint density at radius 2 is 0.946 bits per heavy atom. The van der Waals surface area contributed by atoms with Crippen molar-refractivity contribution >= 4 is 41.4 Å². The molecule has 794 valence electrons. The lowest BCUT2D eigenvalue weighted by molar-refractivity contribution is -0.385. The molecule has 0 radical (unpaired) electrons. The number of aliphatic hydroxyl groups excluding tert-OH is 17. The van der Waals surface area contributed by atoms with Crippen LogP contribution in [0.2, 0.25) is 0 Å². The van der Waals surface area contributed by atoms with Crippen molar-refractivity contribution in [2.24, 2.45) is 11.5 Å². The Kier molecular flexibility index (Phi) is 31.5. The number of carbonyl (C=O) groups excluding carboxylic acids is 7. The van der Waals surface area contributed by atoms with Crippen LogP contribution in [0.4, 0.5) is 0 Å². The number of nitrogens with two attached hydrogens (primary N) is 2. The highest BCUT2D eigenvalue weighted by Gasteiger charge is 2.57. The molecular weight excluding hydrogens is 1960 g/mol. The molecule has 31 N–H and O–H groups in total. The SMILES string of the molecule is COC(=O)C1NC(=O)[C@H]2NC(=O)[C@H](NC(=O)[C@@H]3NC(=O)[C@H]4NC(=O)[C@H](NC(=O)C(N)c5ccc(O)c(c5)Oc5cc4cc(O)c5C)[C@H](O)c4ccc(cc4)Oc4cc3cc(c4O[C@@H]3O[C@H](CO[C@@H]4O[C@@H](C)[C@H](O)[C@@H](O)[C@H]4O)[C@@H](O)[C@H](O)[C@H]3OC3O[C@H](CO)[C@@H](O)[C@H](O)[C@@H]3O[C@@H]3OC[C@@H](O)[C@@H](O)[C@@H]3O)Oc3ccc(cc3)[C@H]2O[C@H]2C[C@@H](N)[C@@H](O)[C@H](C)O2)c2ccc(O)c(c2)-c2c(O[C@@H]3O[C@H](CO)[C@@H](O)[C@H](O)[C@@H]3O)cc(O)cc21. The second-order valence-corrected chi connectivity index (χ2v) is 36.9. The van der Waals surface area contributed by atoms with E-state index < -0.39 is 386 Å². The number of amides is 6. The number of esters is 1. The second-order valence-electron chi connectivity index (χ2n) is 36.9. The largest absolute Gasteiger partial charge is 0.508 e. The van der Waals surface area contributed by atoms with Gasteiger partial charge in [0.1, 0.15) is 192 Å². The number of ether oxygens (including phenoxy) is 16. The van der Waals surface area contributed by atoms with Crippen LogP contribution in [0.25, 0.3) is 11.1 Å². The van der Waals surface area contributed by atoms with Crippen LogP contribution >= 0.6 is 0 Å². The first-order valence-electron chi connectivity index (χ1n) is 46.4. The number of nitrogens with one attached hydrogen (secondary N) is 6. The number of methoxy groups -OCH3 is 1. The molecule has 12 heterocycles. The van der Waals surface area contributed by atoms with E-state index >= 15 is 24.0 Å². The molecular formula is C95H110N8O44. The highest BCUT2D eigenvalue weighted by atomic mass is 16.8. The van der Waals surface area contributed by atoms with Crippen molar-refractivity contribution in [2.75, 3.05) is 33.5 Å². The number of hydrogen-bond acceptors (Lipinski definition) is 46. The van der Waals surface area contributed by atoms with Crippen LogP contribution in [0.15, 0.2) is 121 Å². The molecule has 0 aliphatic carbocycles. The van der Waals surface area contributed by atoms with Gasteiger partial charge in [-0.3, -0.25) is 28.8 Å². The number of carbonyl (C=O) groups is 7. The highest BCUT2D eigenvalue weighted by Crippen LogP contribution is 2.51. The summed E-state index contributed by atoms with van der Waals surface area (Å²) in [6, 6.07) is 4.22. The molecule has 0 aromatic heterocycles. The number of phenols is 4. The van der Waals surface area contributed by atoms with E-state index in [9.17, 15) is 117 Å². The third-order valence-electron chi connectivity index (χ3n) is 27.1. The Morgan fingerprint density at radius 3 is 1.59 bits per heavy atom. The van der Waals surface area contributed by atoms with Crippen LogP contribution in [-0.2, 0) is 85.7 Å². The van der Waals surface area contributed by atoms with Crippen molar-refractivity contribution in [1.29, 1.82) is 0 Å². The van der Waals surface area contributed by atoms with Gasteiger partial charge in [-0.1, -0.05) is 36.4 Å². The van der Waals surface area contributed by atoms with Gasteiger partial charge in [0, 0.05) is 40.8 Å². The van der Waals surface area contributed by atoms with E-state index in [4.69, 9.17) is 87.3 Å². The van der Waals surface area contributed by atoms with Crippen molar-refractivity contribution in [2.45, 2.75) is 254 Å². The maximum atomic E-state index is 17.3. The smallest absolute Gasteiger partial charge is 0.333 e. The normalized spacial score (nSPS) is 36.2. The summed E-state index contributed by atoms with van der Waals surface area (Å²) < 4.78 is 99.8. The molecule has 7 aromatic rings. The van der Waals surface area contributed by atoms with E-state index in [0.29, 0.717) is 0 Å². The van der Waals surface area contributed by atoms with Crippen LogP contribution in [-0.4, -0.2) is 366 Å². The zero-order valence-corrected chi connectivity index (χ0v) is 77.9. The lowest BCUT2D eigenvalue weighted by Crippen LogP contribution is -2.67. The quantitative estimate of drug-likeness (QED) is 0.0400. The van der Waals surface area contributed by atoms with E-state index in [-0.39, 0.29) is 39.5 Å². The van der Waals surface area contributed by atoms with Crippen LogP contribution in [0.5, 0.6) is 69.0 Å². The molecule has 6 amide bonds. The summed E-state index contributed by atoms with van der Waals surface area (Å²) in [5.41, 5.74) is 9.22. The number of aromatic hydroxyl groups is 4. The topological polar surface area (TPSA) is 816 Å². The monoisotopic (exact) mass is 2070 g/mol. The molecule has 6 fully saturated rings. The van der Waals surface area contributed by atoms with Gasteiger partial charge < -0.3 is 226 Å². The molecule has 0 spiro atoms. The molecule has 17 bridgehead atoms. The fourth-order valence-electron chi connectivity index (χ4n) is 18.6. The number of fused-ring (bicyclic) bond motifs is 14. The number of aliphatic hydroxyl groups is 17. The minimum absolute atomic E-state index is 0.0673. The third-order valence-corrected chi connectivity index (χ3v) is 27.1. The molecule has 147 heavy (non-hydrogen) atoms. The summed E-state index contributed by atoms with van der Waals surface area (Å²) in [6.45, 7) is 0.141. The average Bonchev–Trinajstić information content (AvgIpc) is 0.742. The first kappa shape index (κ1) is 106. The summed E-state index contributed by atoms with van der Waals surface area (Å²) >= 11 is 0. The molecule has 12 aliphatic heterocycles. The van der Waals surface area contributed by atoms with E-state index in [2.05, 4.69) is 31.9 Å². The zero-order chi connectivity index (χ0) is 105. The first-order valence-corrected chi connectivity index (χ1v) is 46.4. The molecule has 12 aliphatic rings. The minimum atomic E-state index is -2.60. The number of hydrogen-bond donors (Lipinski definition) is 29. The summed E-state index contributed by atoms with van der Waals surface area (Å²) in [6.07, 6.45) is -58.6. The van der Waals surface area contributed by atoms with Gasteiger partial charge in [-0.25, -0.2) is 4.79 Å². The van der Waals surface area contributed by atoms with Gasteiger partial charge in [0.25, 0.3) is 0 Å². The molecule has 37 atom stereocenters. The number of phenolic OH excluding ortho intramolecular Hbond substituents is 4. The Morgan fingerprint density at radius 1 is 0.429 bits per heavy atom. The highest BCUT2D eigenvalue weighted by molar-refractivity contribution is 6.00. The predicted molar refractivity (Wildman–Crippen MR) is 483 cm³/mol. The van der Waals surface area contributed by atoms with Crippen molar-refractivity contribution in [3.05, 3.63) is 166 Å². The number of benzene rings is 7. The minimum Gasteiger partial charge on any atom is -0.508 e. The van der Waals surface area contributed by atoms with E-state index in [0.717, 1.165) is 98.1 Å². The fraction of sp³-hybridized carbons (Fsp3) is 0.484. The lowest BCUT2D eigenvalue weighted by Gasteiger charge is -2.48. The second kappa shape index (κ2) is 43.6. The van der Waals surface area contributed by atoms with Gasteiger partial charge in [0.15, 0.2) is 60.3 Å². The maximum Gasteiger partial charge on any atom is 0.333 e. The van der Waals surface area contributed by atoms with Crippen LogP contribution in [0.3, 0.4) is 0 Å². The summed E-state index contributed by atoms with van der Waals surface area (Å²) in [5, 5.41) is 257. The first-order chi connectivity index (χ1) is 70.0. The molecule has 7 aromatic carbocycles. The van der Waals surface area contributed by atoms with E-state index in [1.807, 2.05) is 0 Å².